The van der Waals surface area contributed by atoms with Crippen LogP contribution in [0.1, 0.15) is 40.0 Å². The molecule has 2 nitrogen and oxygen atoms in total. The summed E-state index contributed by atoms with van der Waals surface area (Å²) in [6.07, 6.45) is 5.79. The summed E-state index contributed by atoms with van der Waals surface area (Å²) in [6.45, 7) is 10.8. The zero-order valence-electron chi connectivity index (χ0n) is 14.8. The van der Waals surface area contributed by atoms with E-state index in [0.717, 1.165) is 24.0 Å². The van der Waals surface area contributed by atoms with Gasteiger partial charge in [-0.2, -0.15) is 0 Å². The topological polar surface area (TPSA) is 37.3 Å². The number of halogens is 1. The molecule has 0 aliphatic heterocycles. The van der Waals surface area contributed by atoms with Crippen LogP contribution in [0.5, 0.6) is 0 Å². The second-order valence-electron chi connectivity index (χ2n) is 8.92. The van der Waals surface area contributed by atoms with Gasteiger partial charge in [-0.05, 0) is 71.6 Å². The second kappa shape index (κ2) is 4.91. The molecule has 24 heavy (non-hydrogen) atoms. The summed E-state index contributed by atoms with van der Waals surface area (Å²) in [4.78, 5) is 11.9. The highest BCUT2D eigenvalue weighted by molar-refractivity contribution is 6.02. The normalized spacial score (nSPS) is 53.3. The summed E-state index contributed by atoms with van der Waals surface area (Å²) in [5.74, 6) is 1.12. The molecule has 4 aliphatic carbocycles. The van der Waals surface area contributed by atoms with Crippen LogP contribution >= 0.6 is 0 Å². The molecule has 0 amide bonds. The van der Waals surface area contributed by atoms with E-state index in [2.05, 4.69) is 33.4 Å². The van der Waals surface area contributed by atoms with Crippen molar-refractivity contribution >= 4 is 5.78 Å². The molecular formula is C21H27FO2. The van der Waals surface area contributed by atoms with Crippen LogP contribution in [0.25, 0.3) is 0 Å². The molecule has 0 bridgehead atoms. The zero-order valence-corrected chi connectivity index (χ0v) is 14.8. The standard InChI is InChI=1S/C21H27FO2/c1-11-12(2)18-14(20(3)7-5-13(23)9-15(11)20)6-8-21(4)16(18)10-17(22)19(21)24/h5,7,9,12,14,16-19,24H,1,6,8,10H2,2-4H3/t12?,14-,16-,17?,18+,19-,20+,21-/m0/s1. The molecule has 0 radical (unpaired) electrons. The van der Waals surface area contributed by atoms with Crippen molar-refractivity contribution in [2.75, 3.05) is 0 Å². The largest absolute Gasteiger partial charge is 0.390 e. The Kier molecular flexibility index (Phi) is 3.32. The highest BCUT2D eigenvalue weighted by Gasteiger charge is 2.63. The van der Waals surface area contributed by atoms with E-state index in [1.807, 2.05) is 0 Å². The van der Waals surface area contributed by atoms with E-state index in [-0.39, 0.29) is 28.4 Å². The van der Waals surface area contributed by atoms with Crippen molar-refractivity contribution in [3.63, 3.8) is 0 Å². The van der Waals surface area contributed by atoms with E-state index < -0.39 is 12.3 Å². The lowest BCUT2D eigenvalue weighted by Crippen LogP contribution is -2.53. The highest BCUT2D eigenvalue weighted by atomic mass is 19.1. The van der Waals surface area contributed by atoms with Crippen LogP contribution in [0, 0.1) is 34.5 Å². The van der Waals surface area contributed by atoms with Crippen molar-refractivity contribution in [3.05, 3.63) is 36.0 Å². The van der Waals surface area contributed by atoms with E-state index in [4.69, 9.17) is 0 Å². The number of carbonyl (C=O) groups is 1. The van der Waals surface area contributed by atoms with Crippen LogP contribution in [0.4, 0.5) is 4.39 Å². The molecule has 2 unspecified atom stereocenters. The van der Waals surface area contributed by atoms with Crippen molar-refractivity contribution < 1.29 is 14.3 Å². The van der Waals surface area contributed by atoms with Crippen molar-refractivity contribution in [1.29, 1.82) is 0 Å². The fourth-order valence-electron chi connectivity index (χ4n) is 6.47. The summed E-state index contributed by atoms with van der Waals surface area (Å²) >= 11 is 0. The minimum absolute atomic E-state index is 0.0371. The molecule has 0 spiro atoms. The monoisotopic (exact) mass is 330 g/mol. The first-order chi connectivity index (χ1) is 11.2. The molecule has 0 heterocycles. The fourth-order valence-corrected chi connectivity index (χ4v) is 6.47. The summed E-state index contributed by atoms with van der Waals surface area (Å²) in [7, 11) is 0. The molecule has 8 atom stereocenters. The number of hydrogen-bond acceptors (Lipinski definition) is 2. The van der Waals surface area contributed by atoms with Crippen LogP contribution in [0.15, 0.2) is 36.0 Å². The first kappa shape index (κ1) is 16.3. The van der Waals surface area contributed by atoms with Gasteiger partial charge in [0.1, 0.15) is 6.17 Å². The third-order valence-corrected chi connectivity index (χ3v) is 7.97. The van der Waals surface area contributed by atoms with Gasteiger partial charge in [0.15, 0.2) is 5.78 Å². The van der Waals surface area contributed by atoms with Gasteiger partial charge >= 0.3 is 0 Å². The summed E-state index contributed by atoms with van der Waals surface area (Å²) in [5, 5.41) is 10.5. The number of allylic oxidation sites excluding steroid dienone is 5. The molecule has 130 valence electrons. The third kappa shape index (κ3) is 1.82. The Bertz CT molecular complexity index is 677. The minimum Gasteiger partial charge on any atom is -0.390 e. The number of aliphatic hydroxyl groups is 1. The number of fused-ring (bicyclic) bond motifs is 5. The fraction of sp³-hybridized carbons (Fsp3) is 0.667. The Morgan fingerprint density at radius 2 is 2.04 bits per heavy atom. The first-order valence-corrected chi connectivity index (χ1v) is 9.17. The van der Waals surface area contributed by atoms with E-state index in [1.54, 1.807) is 12.2 Å². The predicted molar refractivity (Wildman–Crippen MR) is 92.0 cm³/mol. The van der Waals surface area contributed by atoms with Crippen molar-refractivity contribution in [3.8, 4) is 0 Å². The molecule has 4 aliphatic rings. The van der Waals surface area contributed by atoms with Gasteiger partial charge in [0.05, 0.1) is 6.10 Å². The lowest BCUT2D eigenvalue weighted by molar-refractivity contribution is -0.111. The lowest BCUT2D eigenvalue weighted by atomic mass is 9.45. The number of alkyl halides is 1. The third-order valence-electron chi connectivity index (χ3n) is 7.97. The van der Waals surface area contributed by atoms with Gasteiger partial charge in [-0.25, -0.2) is 4.39 Å². The number of rotatable bonds is 0. The van der Waals surface area contributed by atoms with Crippen molar-refractivity contribution in [1.82, 2.24) is 0 Å². The minimum atomic E-state index is -1.12. The van der Waals surface area contributed by atoms with Gasteiger partial charge in [-0.15, -0.1) is 0 Å². The molecule has 4 rings (SSSR count). The molecule has 3 saturated carbocycles. The quantitative estimate of drug-likeness (QED) is 0.728. The Morgan fingerprint density at radius 1 is 1.33 bits per heavy atom. The number of ketones is 1. The van der Waals surface area contributed by atoms with Crippen LogP contribution in [-0.2, 0) is 4.79 Å². The van der Waals surface area contributed by atoms with Gasteiger partial charge in [0.2, 0.25) is 0 Å². The SMILES string of the molecule is C=C1C2=CC(=O)C=C[C@]2(C)[C@H]2CC[C@]3(C)[C@@H](O)C(F)C[C@H]3[C@@H]2C1C. The average molecular weight is 330 g/mol. The van der Waals surface area contributed by atoms with E-state index in [1.165, 1.54) is 0 Å². The molecule has 3 heteroatoms. The first-order valence-electron chi connectivity index (χ1n) is 9.17. The maximum absolute atomic E-state index is 14.4. The Hall–Kier alpha value is -1.22. The molecule has 0 aromatic rings. The summed E-state index contributed by atoms with van der Waals surface area (Å²) in [5.41, 5.74) is 1.57. The molecule has 0 aromatic carbocycles. The molecule has 3 fully saturated rings. The number of carbonyl (C=O) groups excluding carboxylic acids is 1. The predicted octanol–water partition coefficient (Wildman–Crippen LogP) is 4.02. The number of aliphatic hydroxyl groups excluding tert-OH is 1. The highest BCUT2D eigenvalue weighted by Crippen LogP contribution is 2.66. The molecule has 1 N–H and O–H groups in total. The maximum atomic E-state index is 14.4. The van der Waals surface area contributed by atoms with E-state index in [9.17, 15) is 14.3 Å². The van der Waals surface area contributed by atoms with Crippen LogP contribution in [-0.4, -0.2) is 23.2 Å². The van der Waals surface area contributed by atoms with Crippen molar-refractivity contribution in [2.24, 2.45) is 34.5 Å². The van der Waals surface area contributed by atoms with Gasteiger partial charge in [-0.1, -0.05) is 33.4 Å². The smallest absolute Gasteiger partial charge is 0.178 e. The van der Waals surface area contributed by atoms with E-state index >= 15 is 0 Å². The van der Waals surface area contributed by atoms with Crippen LogP contribution in [0.2, 0.25) is 0 Å². The van der Waals surface area contributed by atoms with E-state index in [0.29, 0.717) is 18.3 Å². The van der Waals surface area contributed by atoms with Crippen molar-refractivity contribution in [2.45, 2.75) is 52.3 Å². The molecule has 0 aromatic heterocycles. The van der Waals surface area contributed by atoms with Crippen LogP contribution in [0.3, 0.4) is 0 Å². The zero-order chi connectivity index (χ0) is 17.4. The molecular weight excluding hydrogens is 303 g/mol. The lowest BCUT2D eigenvalue weighted by Gasteiger charge is -2.59. The Morgan fingerprint density at radius 3 is 2.75 bits per heavy atom. The second-order valence-corrected chi connectivity index (χ2v) is 8.92. The Labute approximate surface area is 143 Å². The summed E-state index contributed by atoms with van der Waals surface area (Å²) < 4.78 is 14.4. The van der Waals surface area contributed by atoms with Gasteiger partial charge < -0.3 is 5.11 Å². The van der Waals surface area contributed by atoms with Gasteiger partial charge in [0.25, 0.3) is 0 Å². The van der Waals surface area contributed by atoms with Gasteiger partial charge in [0, 0.05) is 5.41 Å². The number of hydrogen-bond donors (Lipinski definition) is 1. The van der Waals surface area contributed by atoms with Gasteiger partial charge in [-0.3, -0.25) is 4.79 Å². The Balaban J connectivity index is 1.81. The summed E-state index contributed by atoms with van der Waals surface area (Å²) in [6, 6.07) is 0. The maximum Gasteiger partial charge on any atom is 0.178 e. The van der Waals surface area contributed by atoms with Crippen LogP contribution < -0.4 is 0 Å². The average Bonchev–Trinajstić information content (AvgIpc) is 2.77. The molecule has 0 saturated heterocycles.